The van der Waals surface area contributed by atoms with E-state index in [0.717, 1.165) is 6.42 Å². The molecule has 0 aromatic carbocycles. The third kappa shape index (κ3) is 1.38. The fourth-order valence-corrected chi connectivity index (χ4v) is 3.80. The van der Waals surface area contributed by atoms with Gasteiger partial charge in [0.25, 0.3) is 0 Å². The quantitative estimate of drug-likeness (QED) is 0.582. The number of nitrogens with zero attached hydrogens (tertiary/aromatic N) is 2. The van der Waals surface area contributed by atoms with Crippen LogP contribution in [0.5, 0.6) is 0 Å². The molecule has 0 spiro atoms. The Morgan fingerprint density at radius 3 is 2.37 bits per heavy atom. The Morgan fingerprint density at radius 1 is 1.16 bits per heavy atom. The molecule has 1 aliphatic heterocycles. The van der Waals surface area contributed by atoms with E-state index in [9.17, 15) is 9.59 Å². The van der Waals surface area contributed by atoms with Gasteiger partial charge in [0.05, 0.1) is 11.8 Å². The number of anilines is 1. The summed E-state index contributed by atoms with van der Waals surface area (Å²) in [7, 11) is 0. The molecule has 2 amide bonds. The van der Waals surface area contributed by atoms with Crippen LogP contribution in [-0.4, -0.2) is 16.8 Å². The van der Waals surface area contributed by atoms with Crippen molar-refractivity contribution < 1.29 is 9.59 Å². The van der Waals surface area contributed by atoms with Crippen molar-refractivity contribution in [3.8, 4) is 0 Å². The van der Waals surface area contributed by atoms with Crippen molar-refractivity contribution in [3.05, 3.63) is 35.5 Å². The summed E-state index contributed by atoms with van der Waals surface area (Å²) in [5.74, 6) is 0.150. The molecule has 0 unspecified atom stereocenters. The highest BCUT2D eigenvalue weighted by Gasteiger charge is 2.59. The molecule has 2 bridgehead atoms. The molecular formula is C14H11ClN2O2. The molecule has 0 N–H and O–H groups in total. The zero-order chi connectivity index (χ0) is 13.1. The van der Waals surface area contributed by atoms with Gasteiger partial charge < -0.3 is 0 Å². The van der Waals surface area contributed by atoms with Crippen LogP contribution in [0.25, 0.3) is 0 Å². The van der Waals surface area contributed by atoms with Gasteiger partial charge in [-0.2, -0.15) is 0 Å². The summed E-state index contributed by atoms with van der Waals surface area (Å²) in [6.07, 6.45) is 6.60. The molecule has 1 saturated heterocycles. The molecule has 1 aromatic rings. The van der Waals surface area contributed by atoms with Gasteiger partial charge in [0, 0.05) is 17.3 Å². The van der Waals surface area contributed by atoms with Crippen molar-refractivity contribution in [1.29, 1.82) is 0 Å². The standard InChI is InChI=1S/C14H11ClN2O2/c15-9-3-4-16-10(6-9)17-13(18)11-7-1-2-8(5-7)12(11)14(17)19/h1-4,6-8,11-12H,5H2/t7-,8-,11-,12+/m0/s1. The van der Waals surface area contributed by atoms with Crippen molar-refractivity contribution in [2.45, 2.75) is 6.42 Å². The van der Waals surface area contributed by atoms with E-state index in [0.29, 0.717) is 10.8 Å². The molecule has 2 aliphatic carbocycles. The van der Waals surface area contributed by atoms with Gasteiger partial charge in [-0.1, -0.05) is 23.8 Å². The van der Waals surface area contributed by atoms with Gasteiger partial charge in [-0.3, -0.25) is 9.59 Å². The van der Waals surface area contributed by atoms with Crippen molar-refractivity contribution >= 4 is 29.2 Å². The normalized spacial score (nSPS) is 35.3. The first-order valence-electron chi connectivity index (χ1n) is 6.34. The lowest BCUT2D eigenvalue weighted by atomic mass is 9.85. The zero-order valence-corrected chi connectivity index (χ0v) is 10.7. The molecule has 96 valence electrons. The Bertz CT molecular complexity index is 598. The largest absolute Gasteiger partial charge is 0.274 e. The predicted octanol–water partition coefficient (Wildman–Crippen LogP) is 2.05. The number of carbonyl (C=O) groups excluding carboxylic acids is 2. The Balaban J connectivity index is 1.77. The highest BCUT2D eigenvalue weighted by atomic mass is 35.5. The summed E-state index contributed by atoms with van der Waals surface area (Å²) in [6, 6.07) is 3.19. The average molecular weight is 275 g/mol. The third-order valence-corrected chi connectivity index (χ3v) is 4.64. The summed E-state index contributed by atoms with van der Waals surface area (Å²) < 4.78 is 0. The van der Waals surface area contributed by atoms with Crippen LogP contribution in [0.3, 0.4) is 0 Å². The van der Waals surface area contributed by atoms with E-state index in [1.54, 1.807) is 12.1 Å². The van der Waals surface area contributed by atoms with Gasteiger partial charge in [0.2, 0.25) is 11.8 Å². The molecule has 0 radical (unpaired) electrons. The van der Waals surface area contributed by atoms with Gasteiger partial charge in [0.1, 0.15) is 5.82 Å². The van der Waals surface area contributed by atoms with Crippen molar-refractivity contribution in [2.24, 2.45) is 23.7 Å². The fraction of sp³-hybridized carbons (Fsp3) is 0.357. The Kier molecular flexibility index (Phi) is 2.16. The average Bonchev–Trinajstić information content (AvgIpc) is 3.04. The van der Waals surface area contributed by atoms with E-state index >= 15 is 0 Å². The first kappa shape index (κ1) is 11.2. The van der Waals surface area contributed by atoms with Gasteiger partial charge >= 0.3 is 0 Å². The number of pyridine rings is 1. The first-order valence-corrected chi connectivity index (χ1v) is 6.72. The number of aromatic nitrogens is 1. The molecule has 2 heterocycles. The highest BCUT2D eigenvalue weighted by Crippen LogP contribution is 2.53. The Morgan fingerprint density at radius 2 is 1.79 bits per heavy atom. The van der Waals surface area contributed by atoms with Gasteiger partial charge in [0.15, 0.2) is 0 Å². The minimum atomic E-state index is -0.191. The van der Waals surface area contributed by atoms with Crippen LogP contribution in [0.2, 0.25) is 5.02 Å². The van der Waals surface area contributed by atoms with Crippen molar-refractivity contribution in [1.82, 2.24) is 4.98 Å². The summed E-state index contributed by atoms with van der Waals surface area (Å²) in [5.41, 5.74) is 0. The van der Waals surface area contributed by atoms with Crippen LogP contribution in [-0.2, 0) is 9.59 Å². The topological polar surface area (TPSA) is 50.3 Å². The molecule has 1 saturated carbocycles. The van der Waals surface area contributed by atoms with Gasteiger partial charge in [-0.05, 0) is 24.3 Å². The van der Waals surface area contributed by atoms with E-state index in [1.807, 2.05) is 0 Å². The van der Waals surface area contributed by atoms with E-state index < -0.39 is 0 Å². The number of imide groups is 1. The Labute approximate surface area is 115 Å². The number of carbonyl (C=O) groups is 2. The summed E-state index contributed by atoms with van der Waals surface area (Å²) in [4.78, 5) is 30.3. The minimum Gasteiger partial charge on any atom is -0.274 e. The van der Waals surface area contributed by atoms with E-state index in [-0.39, 0.29) is 35.5 Å². The van der Waals surface area contributed by atoms with Gasteiger partial charge in [-0.25, -0.2) is 9.88 Å². The van der Waals surface area contributed by atoms with E-state index in [4.69, 9.17) is 11.6 Å². The summed E-state index contributed by atoms with van der Waals surface area (Å²) in [5, 5.41) is 0.476. The molecular weight excluding hydrogens is 264 g/mol. The van der Waals surface area contributed by atoms with Crippen LogP contribution in [0.4, 0.5) is 5.82 Å². The lowest BCUT2D eigenvalue weighted by Gasteiger charge is -2.16. The maximum absolute atomic E-state index is 12.5. The Hall–Kier alpha value is -1.68. The fourth-order valence-electron chi connectivity index (χ4n) is 3.64. The third-order valence-electron chi connectivity index (χ3n) is 4.41. The van der Waals surface area contributed by atoms with E-state index in [1.165, 1.54) is 11.1 Å². The number of hydrogen-bond acceptors (Lipinski definition) is 3. The van der Waals surface area contributed by atoms with Crippen molar-refractivity contribution in [3.63, 3.8) is 0 Å². The maximum atomic E-state index is 12.5. The smallest absolute Gasteiger partial charge is 0.239 e. The molecule has 2 fully saturated rings. The summed E-state index contributed by atoms with van der Waals surface area (Å²) >= 11 is 5.91. The lowest BCUT2D eigenvalue weighted by molar-refractivity contribution is -0.123. The number of allylic oxidation sites excluding steroid dienone is 2. The van der Waals surface area contributed by atoms with Crippen LogP contribution in [0.1, 0.15) is 6.42 Å². The number of amides is 2. The second-order valence-electron chi connectivity index (χ2n) is 5.34. The lowest BCUT2D eigenvalue weighted by Crippen LogP contribution is -2.33. The van der Waals surface area contributed by atoms with Gasteiger partial charge in [-0.15, -0.1) is 0 Å². The molecule has 4 nitrogen and oxygen atoms in total. The number of rotatable bonds is 1. The molecule has 1 aromatic heterocycles. The molecule has 5 heteroatoms. The van der Waals surface area contributed by atoms with Crippen LogP contribution in [0, 0.1) is 23.7 Å². The predicted molar refractivity (Wildman–Crippen MR) is 69.5 cm³/mol. The molecule has 4 rings (SSSR count). The van der Waals surface area contributed by atoms with Crippen LogP contribution < -0.4 is 4.90 Å². The van der Waals surface area contributed by atoms with Crippen molar-refractivity contribution in [2.75, 3.05) is 4.90 Å². The molecule has 19 heavy (non-hydrogen) atoms. The molecule has 4 atom stereocenters. The maximum Gasteiger partial charge on any atom is 0.239 e. The number of halogens is 1. The first-order chi connectivity index (χ1) is 9.16. The monoisotopic (exact) mass is 274 g/mol. The second-order valence-corrected chi connectivity index (χ2v) is 5.78. The second kappa shape index (κ2) is 3.67. The van der Waals surface area contributed by atoms with Crippen LogP contribution in [0.15, 0.2) is 30.5 Å². The SMILES string of the molecule is O=C1[C@@H]2[C@H](C(=O)N1c1cc(Cl)ccn1)[C@H]1C=C[C@H]2C1. The summed E-state index contributed by atoms with van der Waals surface area (Å²) in [6.45, 7) is 0. The zero-order valence-electron chi connectivity index (χ0n) is 9.99. The molecule has 3 aliphatic rings. The van der Waals surface area contributed by atoms with E-state index in [2.05, 4.69) is 17.1 Å². The highest BCUT2D eigenvalue weighted by molar-refractivity contribution is 6.31. The number of fused-ring (bicyclic) bond motifs is 5. The minimum absolute atomic E-state index is 0.124. The number of hydrogen-bond donors (Lipinski definition) is 0. The van der Waals surface area contributed by atoms with Crippen LogP contribution >= 0.6 is 11.6 Å².